The Balaban J connectivity index is 2.68. The molecule has 1 fully saturated rings. The highest BCUT2D eigenvalue weighted by Gasteiger charge is 2.37. The summed E-state index contributed by atoms with van der Waals surface area (Å²) in [5.74, 6) is 2.84. The zero-order chi connectivity index (χ0) is 9.35. The lowest BCUT2D eigenvalue weighted by Crippen LogP contribution is -2.35. The molecule has 0 aromatic carbocycles. The van der Waals surface area contributed by atoms with Crippen LogP contribution in [0.15, 0.2) is 0 Å². The zero-order valence-electron chi connectivity index (χ0n) is 9.35. The van der Waals surface area contributed by atoms with Gasteiger partial charge in [-0.1, -0.05) is 41.0 Å². The van der Waals surface area contributed by atoms with Crippen LogP contribution in [-0.4, -0.2) is 0 Å². The molecular weight excluding hydrogens is 144 g/mol. The van der Waals surface area contributed by atoms with E-state index in [1.807, 2.05) is 0 Å². The van der Waals surface area contributed by atoms with Gasteiger partial charge in [0.25, 0.3) is 0 Å². The van der Waals surface area contributed by atoms with E-state index in [9.17, 15) is 0 Å². The molecule has 1 aliphatic carbocycles. The predicted octanol–water partition coefficient (Wildman–Crippen LogP) is 4.10. The molecule has 3 atom stereocenters. The molecule has 12 heavy (non-hydrogen) atoms. The lowest BCUT2D eigenvalue weighted by atomic mass is 9.61. The van der Waals surface area contributed by atoms with Gasteiger partial charge >= 0.3 is 0 Å². The number of hydrogen-bond acceptors (Lipinski definition) is 0. The summed E-state index contributed by atoms with van der Waals surface area (Å²) >= 11 is 0. The Labute approximate surface area is 77.7 Å². The topological polar surface area (TPSA) is 0 Å². The maximum atomic E-state index is 2.44. The number of hydrogen-bond donors (Lipinski definition) is 0. The predicted molar refractivity (Wildman–Crippen MR) is 55.1 cm³/mol. The highest BCUT2D eigenvalue weighted by molar-refractivity contribution is 4.87. The summed E-state index contributed by atoms with van der Waals surface area (Å²) in [6.07, 6.45) is 4.25. The molecule has 1 saturated carbocycles. The van der Waals surface area contributed by atoms with Gasteiger partial charge in [-0.05, 0) is 36.0 Å². The normalized spacial score (nSPS) is 41.2. The Hall–Kier alpha value is 0. The van der Waals surface area contributed by atoms with E-state index in [0.29, 0.717) is 5.41 Å². The first-order valence-electron chi connectivity index (χ1n) is 5.47. The monoisotopic (exact) mass is 168 g/mol. The Kier molecular flexibility index (Phi) is 2.85. The Bertz CT molecular complexity index is 146. The van der Waals surface area contributed by atoms with Gasteiger partial charge in [0.15, 0.2) is 0 Å². The summed E-state index contributed by atoms with van der Waals surface area (Å²) in [5.41, 5.74) is 0.582. The molecule has 0 radical (unpaired) electrons. The first kappa shape index (κ1) is 10.1. The minimum atomic E-state index is 0.582. The second-order valence-electron chi connectivity index (χ2n) is 5.49. The average Bonchev–Trinajstić information content (AvgIpc) is 1.96. The van der Waals surface area contributed by atoms with Crippen LogP contribution in [-0.2, 0) is 0 Å². The van der Waals surface area contributed by atoms with Gasteiger partial charge < -0.3 is 0 Å². The first-order valence-corrected chi connectivity index (χ1v) is 5.47. The van der Waals surface area contributed by atoms with E-state index < -0.39 is 0 Å². The van der Waals surface area contributed by atoms with E-state index in [1.165, 1.54) is 19.3 Å². The third-order valence-electron chi connectivity index (χ3n) is 4.04. The Morgan fingerprint density at radius 1 is 1.25 bits per heavy atom. The molecule has 3 unspecified atom stereocenters. The molecule has 0 aromatic rings. The van der Waals surface area contributed by atoms with E-state index in [0.717, 1.165) is 17.8 Å². The van der Waals surface area contributed by atoms with Crippen molar-refractivity contribution in [2.24, 2.45) is 23.2 Å². The fraction of sp³-hybridized carbons (Fsp3) is 1.00. The fourth-order valence-electron chi connectivity index (χ4n) is 3.05. The van der Waals surface area contributed by atoms with Gasteiger partial charge in [0, 0.05) is 0 Å². The molecule has 0 bridgehead atoms. The van der Waals surface area contributed by atoms with Crippen molar-refractivity contribution in [1.82, 2.24) is 0 Å². The van der Waals surface area contributed by atoms with Crippen molar-refractivity contribution in [3.8, 4) is 0 Å². The van der Waals surface area contributed by atoms with Crippen LogP contribution in [0.2, 0.25) is 0 Å². The zero-order valence-corrected chi connectivity index (χ0v) is 9.35. The molecule has 0 saturated heterocycles. The smallest absolute Gasteiger partial charge is 0.0323 e. The third kappa shape index (κ3) is 1.84. The van der Waals surface area contributed by atoms with Crippen LogP contribution < -0.4 is 0 Å². The van der Waals surface area contributed by atoms with Gasteiger partial charge in [0.05, 0.1) is 0 Å². The standard InChI is InChI=1S/C12H24/c1-6-11-7-9(2)8-12(4,5)10(11)3/h9-11H,6-8H2,1-5H3. The molecular formula is C12H24. The maximum Gasteiger partial charge on any atom is -0.0323 e. The van der Waals surface area contributed by atoms with Crippen LogP contribution in [0.1, 0.15) is 53.9 Å². The lowest BCUT2D eigenvalue weighted by molar-refractivity contribution is 0.0530. The quantitative estimate of drug-likeness (QED) is 0.553. The molecule has 0 heterocycles. The molecule has 0 amide bonds. The van der Waals surface area contributed by atoms with Gasteiger partial charge in [-0.25, -0.2) is 0 Å². The Morgan fingerprint density at radius 3 is 2.33 bits per heavy atom. The summed E-state index contributed by atoms with van der Waals surface area (Å²) in [7, 11) is 0. The summed E-state index contributed by atoms with van der Waals surface area (Å²) in [5, 5.41) is 0. The fourth-order valence-corrected chi connectivity index (χ4v) is 3.05. The summed E-state index contributed by atoms with van der Waals surface area (Å²) in [4.78, 5) is 0. The molecule has 0 spiro atoms. The molecule has 0 N–H and O–H groups in total. The van der Waals surface area contributed by atoms with E-state index >= 15 is 0 Å². The van der Waals surface area contributed by atoms with Gasteiger partial charge in [-0.2, -0.15) is 0 Å². The Morgan fingerprint density at radius 2 is 1.83 bits per heavy atom. The van der Waals surface area contributed by atoms with Crippen LogP contribution >= 0.6 is 0 Å². The van der Waals surface area contributed by atoms with Crippen LogP contribution in [0.5, 0.6) is 0 Å². The summed E-state index contributed by atoms with van der Waals surface area (Å²) in [6, 6.07) is 0. The third-order valence-corrected chi connectivity index (χ3v) is 4.04. The van der Waals surface area contributed by atoms with Crippen LogP contribution in [0.25, 0.3) is 0 Å². The highest BCUT2D eigenvalue weighted by atomic mass is 14.4. The minimum absolute atomic E-state index is 0.582. The second-order valence-corrected chi connectivity index (χ2v) is 5.49. The maximum absolute atomic E-state index is 2.44. The van der Waals surface area contributed by atoms with Crippen molar-refractivity contribution in [2.75, 3.05) is 0 Å². The van der Waals surface area contributed by atoms with Crippen molar-refractivity contribution < 1.29 is 0 Å². The molecule has 1 rings (SSSR count). The highest BCUT2D eigenvalue weighted by Crippen LogP contribution is 2.47. The lowest BCUT2D eigenvalue weighted by Gasteiger charge is -2.45. The SMILES string of the molecule is CCC1CC(C)CC(C)(C)C1C. The van der Waals surface area contributed by atoms with Crippen LogP contribution in [0.3, 0.4) is 0 Å². The van der Waals surface area contributed by atoms with E-state index in [1.54, 1.807) is 0 Å². The van der Waals surface area contributed by atoms with Crippen molar-refractivity contribution in [2.45, 2.75) is 53.9 Å². The van der Waals surface area contributed by atoms with Gasteiger partial charge in [0.2, 0.25) is 0 Å². The van der Waals surface area contributed by atoms with Crippen LogP contribution in [0.4, 0.5) is 0 Å². The van der Waals surface area contributed by atoms with Gasteiger partial charge in [-0.3, -0.25) is 0 Å². The average molecular weight is 168 g/mol. The van der Waals surface area contributed by atoms with Gasteiger partial charge in [-0.15, -0.1) is 0 Å². The summed E-state index contributed by atoms with van der Waals surface area (Å²) in [6.45, 7) is 12.1. The van der Waals surface area contributed by atoms with E-state index in [4.69, 9.17) is 0 Å². The minimum Gasteiger partial charge on any atom is -0.0651 e. The molecule has 72 valence electrons. The van der Waals surface area contributed by atoms with Crippen LogP contribution in [0, 0.1) is 23.2 Å². The number of rotatable bonds is 1. The van der Waals surface area contributed by atoms with Crippen molar-refractivity contribution >= 4 is 0 Å². The van der Waals surface area contributed by atoms with E-state index in [-0.39, 0.29) is 0 Å². The molecule has 0 nitrogen and oxygen atoms in total. The van der Waals surface area contributed by atoms with Crippen molar-refractivity contribution in [1.29, 1.82) is 0 Å². The molecule has 0 aromatic heterocycles. The van der Waals surface area contributed by atoms with E-state index in [2.05, 4.69) is 34.6 Å². The van der Waals surface area contributed by atoms with Gasteiger partial charge in [0.1, 0.15) is 0 Å². The summed E-state index contributed by atoms with van der Waals surface area (Å²) < 4.78 is 0. The molecule has 1 aliphatic rings. The van der Waals surface area contributed by atoms with Crippen molar-refractivity contribution in [3.63, 3.8) is 0 Å². The molecule has 0 heteroatoms. The second kappa shape index (κ2) is 3.40. The van der Waals surface area contributed by atoms with Crippen molar-refractivity contribution in [3.05, 3.63) is 0 Å². The molecule has 0 aliphatic heterocycles. The first-order chi connectivity index (χ1) is 5.47. The largest absolute Gasteiger partial charge is 0.0651 e.